The van der Waals surface area contributed by atoms with Gasteiger partial charge in [-0.2, -0.15) is 0 Å². The molecule has 1 saturated carbocycles. The molecule has 1 aliphatic carbocycles. The first-order valence-corrected chi connectivity index (χ1v) is 13.2. The third-order valence-electron chi connectivity index (χ3n) is 6.59. The monoisotopic (exact) mass is 606 g/mol. The van der Waals surface area contributed by atoms with Crippen LogP contribution in [0.1, 0.15) is 79.0 Å². The average molecular weight is 606 g/mol. The quantitative estimate of drug-likeness (QED) is 0.291. The zero-order chi connectivity index (χ0) is 25.8. The molecule has 4 N–H and O–H groups in total. The highest BCUT2D eigenvalue weighted by Gasteiger charge is 2.24. The second-order valence-electron chi connectivity index (χ2n) is 9.25. The highest BCUT2D eigenvalue weighted by atomic mass is 127. The van der Waals surface area contributed by atoms with Gasteiger partial charge >= 0.3 is 0 Å². The number of amides is 1. The number of carbonyl (C=O) groups excluding carboxylic acids is 1. The maximum Gasteiger partial charge on any atom is 0.254 e. The molecule has 3 aromatic rings. The summed E-state index contributed by atoms with van der Waals surface area (Å²) < 4.78 is 29.8. The molecule has 2 aromatic carbocycles. The van der Waals surface area contributed by atoms with Gasteiger partial charge in [0.2, 0.25) is 0 Å². The Morgan fingerprint density at radius 3 is 2.61 bits per heavy atom. The van der Waals surface area contributed by atoms with E-state index in [9.17, 15) is 14.3 Å². The topological polar surface area (TPSA) is 101 Å². The lowest BCUT2D eigenvalue weighted by Crippen LogP contribution is -2.29. The summed E-state index contributed by atoms with van der Waals surface area (Å²) in [5.41, 5.74) is 8.14. The summed E-state index contributed by atoms with van der Waals surface area (Å²) in [6.45, 7) is 1.97. The molecule has 0 radical (unpaired) electrons. The normalized spacial score (nSPS) is 18.6. The largest absolute Gasteiger partial charge is 0.393 e. The molecule has 1 atom stereocenters. The molecule has 0 unspecified atom stereocenters. The molecular formula is C27H29F2IN4O2. The minimum absolute atomic E-state index is 0.116. The van der Waals surface area contributed by atoms with Crippen molar-refractivity contribution in [3.63, 3.8) is 0 Å². The van der Waals surface area contributed by atoms with Crippen molar-refractivity contribution in [1.29, 1.82) is 0 Å². The first-order chi connectivity index (χ1) is 17.2. The van der Waals surface area contributed by atoms with E-state index in [1.165, 1.54) is 24.3 Å². The number of nitrogen functional groups attached to an aromatic ring is 1. The number of benzene rings is 2. The SMILES string of the molecule is CCC[C@@H](NC(=O)c1ccc(-c2nc(C3CCC(O)CC3)cnc2N)cc1F)c1cc(F)cc(I)c1. The van der Waals surface area contributed by atoms with Gasteiger partial charge in [0.25, 0.3) is 5.91 Å². The van der Waals surface area contributed by atoms with Crippen molar-refractivity contribution in [2.45, 2.75) is 63.5 Å². The molecule has 0 bridgehead atoms. The van der Waals surface area contributed by atoms with Crippen LogP contribution in [0.2, 0.25) is 0 Å². The number of nitrogens with one attached hydrogen (secondary N) is 1. The van der Waals surface area contributed by atoms with Crippen LogP contribution in [0.4, 0.5) is 14.6 Å². The molecule has 0 spiro atoms. The average Bonchev–Trinajstić information content (AvgIpc) is 2.84. The minimum Gasteiger partial charge on any atom is -0.393 e. The summed E-state index contributed by atoms with van der Waals surface area (Å²) in [7, 11) is 0. The first kappa shape index (κ1) is 26.4. The van der Waals surface area contributed by atoms with Crippen LogP contribution in [0.3, 0.4) is 0 Å². The van der Waals surface area contributed by atoms with Crippen molar-refractivity contribution in [1.82, 2.24) is 15.3 Å². The number of aliphatic hydroxyl groups excluding tert-OH is 1. The number of rotatable bonds is 7. The summed E-state index contributed by atoms with van der Waals surface area (Å²) in [6.07, 6.45) is 5.72. The van der Waals surface area contributed by atoms with Crippen molar-refractivity contribution < 1.29 is 18.7 Å². The summed E-state index contributed by atoms with van der Waals surface area (Å²) in [6, 6.07) is 8.42. The molecule has 4 rings (SSSR count). The van der Waals surface area contributed by atoms with E-state index in [-0.39, 0.29) is 29.2 Å². The number of nitrogens with two attached hydrogens (primary N) is 1. The Morgan fingerprint density at radius 2 is 1.94 bits per heavy atom. The van der Waals surface area contributed by atoms with Gasteiger partial charge in [0, 0.05) is 15.1 Å². The molecule has 6 nitrogen and oxygen atoms in total. The standard InChI is InChI=1S/C27H29F2IN4O2/c1-2-3-23(17-10-18(28)13-19(30)11-17)34-27(36)21-9-6-16(12-22(21)29)25-26(31)32-14-24(33-25)15-4-7-20(35)8-5-15/h6,9-15,20,23,35H,2-5,7-8H2,1H3,(H2,31,32)(H,34,36)/t15?,20?,23-/m1/s1. The molecule has 190 valence electrons. The molecule has 36 heavy (non-hydrogen) atoms. The van der Waals surface area contributed by atoms with Crippen LogP contribution < -0.4 is 11.1 Å². The lowest BCUT2D eigenvalue weighted by Gasteiger charge is -2.25. The molecule has 9 heteroatoms. The van der Waals surface area contributed by atoms with Crippen LogP contribution in [-0.4, -0.2) is 27.1 Å². The lowest BCUT2D eigenvalue weighted by atomic mass is 9.85. The van der Waals surface area contributed by atoms with Gasteiger partial charge in [-0.25, -0.2) is 18.7 Å². The number of anilines is 1. The Hall–Kier alpha value is -2.66. The molecule has 1 amide bonds. The number of halogens is 3. The fraction of sp³-hybridized carbons (Fsp3) is 0.370. The van der Waals surface area contributed by atoms with Crippen LogP contribution in [0, 0.1) is 15.2 Å². The molecule has 1 heterocycles. The van der Waals surface area contributed by atoms with Gasteiger partial charge in [0.05, 0.1) is 29.6 Å². The van der Waals surface area contributed by atoms with E-state index < -0.39 is 17.8 Å². The first-order valence-electron chi connectivity index (χ1n) is 12.1. The highest BCUT2D eigenvalue weighted by Crippen LogP contribution is 2.34. The maximum atomic E-state index is 15.1. The summed E-state index contributed by atoms with van der Waals surface area (Å²) >= 11 is 2.03. The predicted molar refractivity (Wildman–Crippen MR) is 143 cm³/mol. The summed E-state index contributed by atoms with van der Waals surface area (Å²) in [4.78, 5) is 21.9. The second kappa shape index (κ2) is 11.6. The van der Waals surface area contributed by atoms with Crippen molar-refractivity contribution in [3.05, 3.63) is 74.6 Å². The Labute approximate surface area is 222 Å². The van der Waals surface area contributed by atoms with E-state index in [2.05, 4.69) is 15.3 Å². The van der Waals surface area contributed by atoms with Crippen molar-refractivity contribution in [2.24, 2.45) is 0 Å². The zero-order valence-electron chi connectivity index (χ0n) is 20.0. The maximum absolute atomic E-state index is 15.1. The van der Waals surface area contributed by atoms with Crippen LogP contribution in [0.15, 0.2) is 42.6 Å². The number of aromatic nitrogens is 2. The number of carbonyl (C=O) groups is 1. The molecule has 0 saturated heterocycles. The van der Waals surface area contributed by atoms with Crippen LogP contribution in [0.25, 0.3) is 11.3 Å². The summed E-state index contributed by atoms with van der Waals surface area (Å²) in [5.74, 6) is -1.33. The second-order valence-corrected chi connectivity index (χ2v) is 10.5. The Bertz CT molecular complexity index is 1230. The molecule has 1 aromatic heterocycles. The zero-order valence-corrected chi connectivity index (χ0v) is 22.1. The van der Waals surface area contributed by atoms with Crippen molar-refractivity contribution >= 4 is 34.3 Å². The van der Waals surface area contributed by atoms with Gasteiger partial charge in [-0.15, -0.1) is 0 Å². The Kier molecular flexibility index (Phi) is 8.50. The smallest absolute Gasteiger partial charge is 0.254 e. The van der Waals surface area contributed by atoms with Gasteiger partial charge < -0.3 is 16.2 Å². The van der Waals surface area contributed by atoms with Gasteiger partial charge in [-0.3, -0.25) is 4.79 Å². The molecule has 0 aliphatic heterocycles. The van der Waals surface area contributed by atoms with Gasteiger partial charge in [-0.1, -0.05) is 19.4 Å². The number of aliphatic hydroxyl groups is 1. The fourth-order valence-corrected chi connectivity index (χ4v) is 5.32. The van der Waals surface area contributed by atoms with Crippen LogP contribution in [-0.2, 0) is 0 Å². The van der Waals surface area contributed by atoms with E-state index in [1.54, 1.807) is 12.3 Å². The fourth-order valence-electron chi connectivity index (χ4n) is 4.66. The third-order valence-corrected chi connectivity index (χ3v) is 7.21. The van der Waals surface area contributed by atoms with E-state index in [0.717, 1.165) is 28.5 Å². The van der Waals surface area contributed by atoms with Crippen LogP contribution >= 0.6 is 22.6 Å². The number of nitrogens with zero attached hydrogens (tertiary/aromatic N) is 2. The summed E-state index contributed by atoms with van der Waals surface area (Å²) in [5, 5.41) is 12.6. The third kappa shape index (κ3) is 6.18. The molecular weight excluding hydrogens is 577 g/mol. The van der Waals surface area contributed by atoms with Crippen molar-refractivity contribution in [2.75, 3.05) is 5.73 Å². The predicted octanol–water partition coefficient (Wildman–Crippen LogP) is 5.90. The molecule has 1 aliphatic rings. The highest BCUT2D eigenvalue weighted by molar-refractivity contribution is 14.1. The van der Waals surface area contributed by atoms with Gasteiger partial charge in [0.1, 0.15) is 23.1 Å². The minimum atomic E-state index is -0.707. The van der Waals surface area contributed by atoms with Crippen molar-refractivity contribution in [3.8, 4) is 11.3 Å². The lowest BCUT2D eigenvalue weighted by molar-refractivity contribution is 0.0930. The Balaban J connectivity index is 1.56. The van der Waals surface area contributed by atoms with Gasteiger partial charge in [0.15, 0.2) is 0 Å². The number of hydrogen-bond acceptors (Lipinski definition) is 5. The van der Waals surface area contributed by atoms with E-state index in [4.69, 9.17) is 5.73 Å². The molecule has 1 fully saturated rings. The van der Waals surface area contributed by atoms with Gasteiger partial charge in [-0.05, 0) is 90.6 Å². The Morgan fingerprint density at radius 1 is 1.19 bits per heavy atom. The van der Waals surface area contributed by atoms with E-state index >= 15 is 4.39 Å². The van der Waals surface area contributed by atoms with E-state index in [1.807, 2.05) is 35.6 Å². The van der Waals surface area contributed by atoms with Crippen LogP contribution in [0.5, 0.6) is 0 Å². The van der Waals surface area contributed by atoms with E-state index in [0.29, 0.717) is 36.1 Å². The number of hydrogen-bond donors (Lipinski definition) is 3.